The number of nitrogens with one attached hydrogen (secondary N) is 1. The number of hydrogen-bond donors (Lipinski definition) is 1. The quantitative estimate of drug-likeness (QED) is 0.603. The van der Waals surface area contributed by atoms with Gasteiger partial charge in [-0.3, -0.25) is 9.79 Å². The molecule has 3 aromatic rings. The third-order valence-corrected chi connectivity index (χ3v) is 4.00. The van der Waals surface area contributed by atoms with Crippen molar-refractivity contribution in [2.75, 3.05) is 13.7 Å². The summed E-state index contributed by atoms with van der Waals surface area (Å²) in [7, 11) is 1.63. The summed E-state index contributed by atoms with van der Waals surface area (Å²) in [5.41, 5.74) is 2.80. The number of aliphatic imine (C=N–C) groups is 1. The highest BCUT2D eigenvalue weighted by atomic mass is 16.5. The van der Waals surface area contributed by atoms with E-state index in [0.717, 1.165) is 22.6 Å². The standard InChI is InChI=1S/C23H22N2O3/c1-27-22-9-5-8-20(14-22)24-15-19-10-12-21(13-11-19)28-17-23(26)25-16-18-6-3-2-4-7-18/h2-15H,16-17H2,1H3,(H,25,26). The van der Waals surface area contributed by atoms with E-state index in [0.29, 0.717) is 12.3 Å². The molecule has 3 aromatic carbocycles. The predicted octanol–water partition coefficient (Wildman–Crippen LogP) is 4.14. The first-order valence-electron chi connectivity index (χ1n) is 8.94. The van der Waals surface area contributed by atoms with Gasteiger partial charge in [0.25, 0.3) is 5.91 Å². The Labute approximate surface area is 164 Å². The van der Waals surface area contributed by atoms with Crippen LogP contribution in [0.3, 0.4) is 0 Å². The summed E-state index contributed by atoms with van der Waals surface area (Å²) >= 11 is 0. The molecule has 0 saturated carbocycles. The summed E-state index contributed by atoms with van der Waals surface area (Å²) in [5.74, 6) is 1.24. The minimum Gasteiger partial charge on any atom is -0.497 e. The number of ether oxygens (including phenoxy) is 2. The Morgan fingerprint density at radius 1 is 0.964 bits per heavy atom. The van der Waals surface area contributed by atoms with Gasteiger partial charge in [-0.25, -0.2) is 0 Å². The van der Waals surface area contributed by atoms with E-state index in [2.05, 4.69) is 10.3 Å². The molecular formula is C23H22N2O3. The molecule has 5 heteroatoms. The number of nitrogens with zero attached hydrogens (tertiary/aromatic N) is 1. The number of hydrogen-bond acceptors (Lipinski definition) is 4. The van der Waals surface area contributed by atoms with E-state index < -0.39 is 0 Å². The minimum atomic E-state index is -0.160. The second-order valence-corrected chi connectivity index (χ2v) is 6.08. The van der Waals surface area contributed by atoms with Crippen LogP contribution in [-0.4, -0.2) is 25.8 Å². The SMILES string of the molecule is COc1cccc(N=Cc2ccc(OCC(=O)NCc3ccccc3)cc2)c1. The summed E-state index contributed by atoms with van der Waals surface area (Å²) < 4.78 is 10.7. The first-order chi connectivity index (χ1) is 13.7. The van der Waals surface area contributed by atoms with Gasteiger partial charge in [0, 0.05) is 18.8 Å². The van der Waals surface area contributed by atoms with Gasteiger partial charge in [0.1, 0.15) is 11.5 Å². The Kier molecular flexibility index (Phi) is 6.79. The van der Waals surface area contributed by atoms with Gasteiger partial charge in [0.05, 0.1) is 12.8 Å². The zero-order chi connectivity index (χ0) is 19.6. The molecule has 0 fully saturated rings. The molecule has 1 N–H and O–H groups in total. The van der Waals surface area contributed by atoms with Gasteiger partial charge in [-0.2, -0.15) is 0 Å². The number of methoxy groups -OCH3 is 1. The van der Waals surface area contributed by atoms with Crippen molar-refractivity contribution in [1.29, 1.82) is 0 Å². The normalized spacial score (nSPS) is 10.6. The highest BCUT2D eigenvalue weighted by Gasteiger charge is 2.03. The lowest BCUT2D eigenvalue weighted by Gasteiger charge is -2.08. The highest BCUT2D eigenvalue weighted by molar-refractivity contribution is 5.82. The molecule has 1 amide bonds. The lowest BCUT2D eigenvalue weighted by atomic mass is 10.2. The largest absolute Gasteiger partial charge is 0.497 e. The molecule has 0 aromatic heterocycles. The number of rotatable bonds is 8. The molecule has 0 radical (unpaired) electrons. The first kappa shape index (κ1) is 19.2. The van der Waals surface area contributed by atoms with Crippen molar-refractivity contribution in [1.82, 2.24) is 5.32 Å². The monoisotopic (exact) mass is 374 g/mol. The fourth-order valence-electron chi connectivity index (χ4n) is 2.49. The van der Waals surface area contributed by atoms with Crippen molar-refractivity contribution in [3.05, 3.63) is 90.0 Å². The van der Waals surface area contributed by atoms with Crippen LogP contribution in [0.1, 0.15) is 11.1 Å². The Bertz CT molecular complexity index is 922. The zero-order valence-electron chi connectivity index (χ0n) is 15.7. The summed E-state index contributed by atoms with van der Waals surface area (Å²) in [4.78, 5) is 16.3. The van der Waals surface area contributed by atoms with E-state index in [1.165, 1.54) is 0 Å². The molecular weight excluding hydrogens is 352 g/mol. The Balaban J connectivity index is 1.47. The van der Waals surface area contributed by atoms with Crippen LogP contribution in [0.2, 0.25) is 0 Å². The summed E-state index contributed by atoms with van der Waals surface area (Å²) in [6, 6.07) is 24.7. The smallest absolute Gasteiger partial charge is 0.258 e. The van der Waals surface area contributed by atoms with Crippen LogP contribution in [0.25, 0.3) is 0 Å². The van der Waals surface area contributed by atoms with Gasteiger partial charge in [0.2, 0.25) is 0 Å². The maximum Gasteiger partial charge on any atom is 0.258 e. The molecule has 0 spiro atoms. The third kappa shape index (κ3) is 5.99. The fraction of sp³-hybridized carbons (Fsp3) is 0.130. The highest BCUT2D eigenvalue weighted by Crippen LogP contribution is 2.19. The zero-order valence-corrected chi connectivity index (χ0v) is 15.7. The Hall–Kier alpha value is -3.60. The van der Waals surface area contributed by atoms with Crippen LogP contribution < -0.4 is 14.8 Å². The molecule has 0 unspecified atom stereocenters. The van der Waals surface area contributed by atoms with Crippen molar-refractivity contribution < 1.29 is 14.3 Å². The van der Waals surface area contributed by atoms with Crippen molar-refractivity contribution in [3.8, 4) is 11.5 Å². The second-order valence-electron chi connectivity index (χ2n) is 6.08. The van der Waals surface area contributed by atoms with Crippen LogP contribution in [0, 0.1) is 0 Å². The molecule has 3 rings (SSSR count). The van der Waals surface area contributed by atoms with Crippen molar-refractivity contribution in [2.45, 2.75) is 6.54 Å². The van der Waals surface area contributed by atoms with Gasteiger partial charge < -0.3 is 14.8 Å². The first-order valence-corrected chi connectivity index (χ1v) is 8.94. The van der Waals surface area contributed by atoms with Gasteiger partial charge in [-0.15, -0.1) is 0 Å². The molecule has 0 aliphatic carbocycles. The summed E-state index contributed by atoms with van der Waals surface area (Å²) in [6.07, 6.45) is 1.77. The summed E-state index contributed by atoms with van der Waals surface area (Å²) in [6.45, 7) is 0.465. The molecule has 0 aliphatic rings. The van der Waals surface area contributed by atoms with Crippen LogP contribution in [0.5, 0.6) is 11.5 Å². The average molecular weight is 374 g/mol. The molecule has 0 saturated heterocycles. The van der Waals surface area contributed by atoms with E-state index in [-0.39, 0.29) is 12.5 Å². The number of carbonyl (C=O) groups excluding carboxylic acids is 1. The van der Waals surface area contributed by atoms with E-state index in [9.17, 15) is 4.79 Å². The van der Waals surface area contributed by atoms with Gasteiger partial charge in [0.15, 0.2) is 6.61 Å². The average Bonchev–Trinajstić information content (AvgIpc) is 2.76. The van der Waals surface area contributed by atoms with E-state index >= 15 is 0 Å². The molecule has 28 heavy (non-hydrogen) atoms. The van der Waals surface area contributed by atoms with Crippen LogP contribution in [-0.2, 0) is 11.3 Å². The van der Waals surface area contributed by atoms with E-state index in [4.69, 9.17) is 9.47 Å². The van der Waals surface area contributed by atoms with Gasteiger partial charge in [-0.1, -0.05) is 36.4 Å². The molecule has 0 atom stereocenters. The molecule has 5 nitrogen and oxygen atoms in total. The van der Waals surface area contributed by atoms with Crippen LogP contribution in [0.15, 0.2) is 83.9 Å². The van der Waals surface area contributed by atoms with E-state index in [1.807, 2.05) is 78.9 Å². The maximum atomic E-state index is 11.9. The van der Waals surface area contributed by atoms with Crippen molar-refractivity contribution in [3.63, 3.8) is 0 Å². The number of benzene rings is 3. The predicted molar refractivity (Wildman–Crippen MR) is 110 cm³/mol. The Morgan fingerprint density at radius 2 is 1.75 bits per heavy atom. The number of amides is 1. The van der Waals surface area contributed by atoms with E-state index in [1.54, 1.807) is 13.3 Å². The topological polar surface area (TPSA) is 59.9 Å². The summed E-state index contributed by atoms with van der Waals surface area (Å²) in [5, 5.41) is 2.83. The lowest BCUT2D eigenvalue weighted by molar-refractivity contribution is -0.123. The lowest BCUT2D eigenvalue weighted by Crippen LogP contribution is -2.28. The number of carbonyl (C=O) groups is 1. The van der Waals surface area contributed by atoms with Crippen LogP contribution in [0.4, 0.5) is 5.69 Å². The fourth-order valence-corrected chi connectivity index (χ4v) is 2.49. The minimum absolute atomic E-state index is 0.0237. The Morgan fingerprint density at radius 3 is 2.50 bits per heavy atom. The third-order valence-electron chi connectivity index (χ3n) is 4.00. The molecule has 0 aliphatic heterocycles. The molecule has 142 valence electrons. The second kappa shape index (κ2) is 9.92. The van der Waals surface area contributed by atoms with Crippen molar-refractivity contribution in [2.24, 2.45) is 4.99 Å². The van der Waals surface area contributed by atoms with Gasteiger partial charge in [-0.05, 0) is 47.5 Å². The van der Waals surface area contributed by atoms with Gasteiger partial charge >= 0.3 is 0 Å². The van der Waals surface area contributed by atoms with Crippen molar-refractivity contribution >= 4 is 17.8 Å². The maximum absolute atomic E-state index is 11.9. The molecule has 0 bridgehead atoms. The molecule has 0 heterocycles. The van der Waals surface area contributed by atoms with Crippen LogP contribution >= 0.6 is 0 Å².